The number of benzene rings is 1. The second-order valence-corrected chi connectivity index (χ2v) is 4.80. The summed E-state index contributed by atoms with van der Waals surface area (Å²) in [5.74, 6) is 2.84. The molecular weight excluding hydrogens is 292 g/mol. The van der Waals surface area contributed by atoms with Gasteiger partial charge in [-0.2, -0.15) is 4.98 Å². The lowest BCUT2D eigenvalue weighted by Gasteiger charge is -2.10. The van der Waals surface area contributed by atoms with E-state index < -0.39 is 0 Å². The molecule has 2 aromatic rings. The molecule has 0 bridgehead atoms. The molecule has 1 heterocycles. The van der Waals surface area contributed by atoms with E-state index in [9.17, 15) is 0 Å². The Hall–Kier alpha value is -2.76. The molecule has 122 valence electrons. The van der Waals surface area contributed by atoms with Gasteiger partial charge in [-0.05, 0) is 30.2 Å². The van der Waals surface area contributed by atoms with E-state index in [0.29, 0.717) is 12.5 Å². The Morgan fingerprint density at radius 3 is 2.70 bits per heavy atom. The van der Waals surface area contributed by atoms with Crippen LogP contribution in [0.15, 0.2) is 43.1 Å². The molecule has 0 atom stereocenters. The standard InChI is InChI=1S/C17H22N4O2/c1-4-9-19-17-20-11-8-16(21-17)18-10-7-13-5-6-14(22-2)15(12-13)23-3/h4-6,8,11-12H,1,7,9-10H2,2-3H3,(H2,18,19,20,21). The maximum absolute atomic E-state index is 5.31. The molecule has 0 aliphatic heterocycles. The van der Waals surface area contributed by atoms with E-state index in [0.717, 1.165) is 35.8 Å². The van der Waals surface area contributed by atoms with Gasteiger partial charge in [-0.25, -0.2) is 4.98 Å². The van der Waals surface area contributed by atoms with Crippen molar-refractivity contribution < 1.29 is 9.47 Å². The van der Waals surface area contributed by atoms with E-state index in [4.69, 9.17) is 9.47 Å². The summed E-state index contributed by atoms with van der Waals surface area (Å²) in [5, 5.41) is 6.35. The van der Waals surface area contributed by atoms with Crippen LogP contribution < -0.4 is 20.1 Å². The fourth-order valence-corrected chi connectivity index (χ4v) is 2.08. The number of nitrogens with zero attached hydrogens (tertiary/aromatic N) is 2. The highest BCUT2D eigenvalue weighted by atomic mass is 16.5. The van der Waals surface area contributed by atoms with E-state index in [1.54, 1.807) is 26.5 Å². The van der Waals surface area contributed by atoms with E-state index in [1.807, 2.05) is 24.3 Å². The Balaban J connectivity index is 1.90. The van der Waals surface area contributed by atoms with Gasteiger partial charge in [-0.15, -0.1) is 6.58 Å². The van der Waals surface area contributed by atoms with Crippen LogP contribution in [0.1, 0.15) is 5.56 Å². The van der Waals surface area contributed by atoms with Crippen LogP contribution >= 0.6 is 0 Å². The average Bonchev–Trinajstić information content (AvgIpc) is 2.60. The number of anilines is 2. The summed E-state index contributed by atoms with van der Waals surface area (Å²) in [4.78, 5) is 8.52. The van der Waals surface area contributed by atoms with E-state index in [2.05, 4.69) is 27.2 Å². The molecule has 0 spiro atoms. The first-order valence-electron chi connectivity index (χ1n) is 7.39. The molecule has 6 heteroatoms. The summed E-state index contributed by atoms with van der Waals surface area (Å²) in [5.41, 5.74) is 1.16. The quantitative estimate of drug-likeness (QED) is 0.694. The van der Waals surface area contributed by atoms with Gasteiger partial charge in [0.2, 0.25) is 5.95 Å². The van der Waals surface area contributed by atoms with Crippen molar-refractivity contribution in [1.29, 1.82) is 0 Å². The number of rotatable bonds is 9. The fourth-order valence-electron chi connectivity index (χ4n) is 2.08. The topological polar surface area (TPSA) is 68.3 Å². The fraction of sp³-hybridized carbons (Fsp3) is 0.294. The minimum Gasteiger partial charge on any atom is -0.493 e. The van der Waals surface area contributed by atoms with Gasteiger partial charge in [0.1, 0.15) is 5.82 Å². The molecule has 1 aromatic heterocycles. The molecule has 1 aromatic carbocycles. The van der Waals surface area contributed by atoms with Crippen molar-refractivity contribution in [2.24, 2.45) is 0 Å². The molecule has 0 aliphatic rings. The van der Waals surface area contributed by atoms with Crippen LogP contribution in [-0.4, -0.2) is 37.3 Å². The third kappa shape index (κ3) is 4.88. The summed E-state index contributed by atoms with van der Waals surface area (Å²) < 4.78 is 10.6. The first-order valence-corrected chi connectivity index (χ1v) is 7.39. The second kappa shape index (κ2) is 8.63. The number of nitrogens with one attached hydrogen (secondary N) is 2. The number of methoxy groups -OCH3 is 2. The van der Waals surface area contributed by atoms with Crippen molar-refractivity contribution >= 4 is 11.8 Å². The highest BCUT2D eigenvalue weighted by Gasteiger charge is 2.04. The summed E-state index contributed by atoms with van der Waals surface area (Å²) in [6.07, 6.45) is 4.33. The smallest absolute Gasteiger partial charge is 0.224 e. The average molecular weight is 314 g/mol. The summed E-state index contributed by atoms with van der Waals surface area (Å²) in [6, 6.07) is 7.77. The summed E-state index contributed by atoms with van der Waals surface area (Å²) in [6.45, 7) is 5.05. The SMILES string of the molecule is C=CCNc1nccc(NCCc2ccc(OC)c(OC)c2)n1. The Morgan fingerprint density at radius 2 is 1.96 bits per heavy atom. The first kappa shape index (κ1) is 16.6. The Morgan fingerprint density at radius 1 is 1.13 bits per heavy atom. The van der Waals surface area contributed by atoms with Gasteiger partial charge in [0.25, 0.3) is 0 Å². The summed E-state index contributed by atoms with van der Waals surface area (Å²) >= 11 is 0. The zero-order valence-corrected chi connectivity index (χ0v) is 13.5. The molecule has 6 nitrogen and oxygen atoms in total. The molecule has 0 unspecified atom stereocenters. The lowest BCUT2D eigenvalue weighted by atomic mass is 10.1. The molecule has 0 fully saturated rings. The van der Waals surface area contributed by atoms with Gasteiger partial charge in [0.05, 0.1) is 14.2 Å². The van der Waals surface area contributed by atoms with Crippen LogP contribution in [0, 0.1) is 0 Å². The molecule has 23 heavy (non-hydrogen) atoms. The number of hydrogen-bond acceptors (Lipinski definition) is 6. The molecule has 0 amide bonds. The van der Waals surface area contributed by atoms with Gasteiger partial charge < -0.3 is 20.1 Å². The zero-order chi connectivity index (χ0) is 16.5. The van der Waals surface area contributed by atoms with E-state index in [-0.39, 0.29) is 0 Å². The normalized spacial score (nSPS) is 10.0. The van der Waals surface area contributed by atoms with Crippen LogP contribution in [0.3, 0.4) is 0 Å². The van der Waals surface area contributed by atoms with Crippen LogP contribution in [0.5, 0.6) is 11.5 Å². The predicted molar refractivity (Wildman–Crippen MR) is 92.5 cm³/mol. The van der Waals surface area contributed by atoms with E-state index >= 15 is 0 Å². The van der Waals surface area contributed by atoms with Crippen LogP contribution in [0.2, 0.25) is 0 Å². The minimum absolute atomic E-state index is 0.584. The lowest BCUT2D eigenvalue weighted by molar-refractivity contribution is 0.354. The number of ether oxygens (including phenoxy) is 2. The van der Waals surface area contributed by atoms with Crippen LogP contribution in [-0.2, 0) is 6.42 Å². The molecule has 0 radical (unpaired) electrons. The molecule has 2 rings (SSSR count). The third-order valence-corrected chi connectivity index (χ3v) is 3.23. The Bertz CT molecular complexity index is 646. The maximum atomic E-state index is 5.31. The highest BCUT2D eigenvalue weighted by molar-refractivity contribution is 5.44. The molecule has 0 saturated carbocycles. The Kier molecular flexibility index (Phi) is 6.23. The van der Waals surface area contributed by atoms with E-state index in [1.165, 1.54) is 0 Å². The van der Waals surface area contributed by atoms with Gasteiger partial charge in [0, 0.05) is 19.3 Å². The summed E-state index contributed by atoms with van der Waals surface area (Å²) in [7, 11) is 3.27. The van der Waals surface area contributed by atoms with Gasteiger partial charge in [-0.3, -0.25) is 0 Å². The van der Waals surface area contributed by atoms with Crippen molar-refractivity contribution in [1.82, 2.24) is 9.97 Å². The van der Waals surface area contributed by atoms with Crippen LogP contribution in [0.25, 0.3) is 0 Å². The van der Waals surface area contributed by atoms with Crippen molar-refractivity contribution in [3.8, 4) is 11.5 Å². The maximum Gasteiger partial charge on any atom is 0.224 e. The zero-order valence-electron chi connectivity index (χ0n) is 13.5. The minimum atomic E-state index is 0.584. The monoisotopic (exact) mass is 314 g/mol. The number of aromatic nitrogens is 2. The van der Waals surface area contributed by atoms with Crippen molar-refractivity contribution in [3.63, 3.8) is 0 Å². The van der Waals surface area contributed by atoms with Gasteiger partial charge in [-0.1, -0.05) is 12.1 Å². The van der Waals surface area contributed by atoms with Crippen LogP contribution in [0.4, 0.5) is 11.8 Å². The van der Waals surface area contributed by atoms with Crippen molar-refractivity contribution in [3.05, 3.63) is 48.7 Å². The van der Waals surface area contributed by atoms with Gasteiger partial charge in [0.15, 0.2) is 11.5 Å². The lowest BCUT2D eigenvalue weighted by Crippen LogP contribution is -2.09. The van der Waals surface area contributed by atoms with Crippen molar-refractivity contribution in [2.75, 3.05) is 37.9 Å². The van der Waals surface area contributed by atoms with Crippen molar-refractivity contribution in [2.45, 2.75) is 6.42 Å². The molecule has 0 aliphatic carbocycles. The largest absolute Gasteiger partial charge is 0.493 e. The predicted octanol–water partition coefficient (Wildman–Crippen LogP) is 2.75. The molecule has 0 saturated heterocycles. The first-order chi connectivity index (χ1) is 11.3. The molecular formula is C17H22N4O2. The van der Waals surface area contributed by atoms with Gasteiger partial charge >= 0.3 is 0 Å². The second-order valence-electron chi connectivity index (χ2n) is 4.80. The Labute approximate surface area is 136 Å². The number of hydrogen-bond donors (Lipinski definition) is 2. The molecule has 2 N–H and O–H groups in total. The third-order valence-electron chi connectivity index (χ3n) is 3.23. The highest BCUT2D eigenvalue weighted by Crippen LogP contribution is 2.27.